The van der Waals surface area contributed by atoms with Gasteiger partial charge in [-0.3, -0.25) is 4.79 Å². The summed E-state index contributed by atoms with van der Waals surface area (Å²) in [6.45, 7) is 1.81. The number of nitrogens with zero attached hydrogens (tertiary/aromatic N) is 3. The van der Waals surface area contributed by atoms with Crippen LogP contribution in [0.1, 0.15) is 21.6 Å². The van der Waals surface area contributed by atoms with Crippen molar-refractivity contribution in [1.29, 1.82) is 0 Å². The number of nitrogens with two attached hydrogens (primary N) is 1. The molecular formula is C15H16N4O. The predicted molar refractivity (Wildman–Crippen MR) is 76.6 cm³/mol. The van der Waals surface area contributed by atoms with E-state index >= 15 is 0 Å². The molecule has 2 N–H and O–H groups in total. The largest absolute Gasteiger partial charge is 0.364 e. The lowest BCUT2D eigenvalue weighted by atomic mass is 10.0. The lowest BCUT2D eigenvalue weighted by molar-refractivity contribution is 0.0994. The van der Waals surface area contributed by atoms with Crippen LogP contribution in [0.4, 0.5) is 5.82 Å². The van der Waals surface area contributed by atoms with Gasteiger partial charge in [-0.15, -0.1) is 10.2 Å². The van der Waals surface area contributed by atoms with E-state index in [0.717, 1.165) is 31.7 Å². The summed E-state index contributed by atoms with van der Waals surface area (Å²) in [7, 11) is 0. The van der Waals surface area contributed by atoms with E-state index in [-0.39, 0.29) is 5.69 Å². The van der Waals surface area contributed by atoms with Crippen molar-refractivity contribution >= 4 is 11.7 Å². The van der Waals surface area contributed by atoms with Crippen molar-refractivity contribution in [2.75, 3.05) is 18.0 Å². The Balaban J connectivity index is 1.78. The normalized spacial score (nSPS) is 14.5. The van der Waals surface area contributed by atoms with Crippen LogP contribution in [0, 0.1) is 0 Å². The molecule has 1 aromatic heterocycles. The molecule has 0 unspecified atom stereocenters. The van der Waals surface area contributed by atoms with E-state index in [1.165, 1.54) is 11.1 Å². The summed E-state index contributed by atoms with van der Waals surface area (Å²) >= 11 is 0. The Bertz CT molecular complexity index is 597. The topological polar surface area (TPSA) is 72.1 Å². The molecule has 0 radical (unpaired) electrons. The van der Waals surface area contributed by atoms with Gasteiger partial charge in [-0.2, -0.15) is 0 Å². The van der Waals surface area contributed by atoms with Crippen molar-refractivity contribution in [2.45, 2.75) is 12.8 Å². The van der Waals surface area contributed by atoms with Gasteiger partial charge in [0.05, 0.1) is 0 Å². The van der Waals surface area contributed by atoms with Gasteiger partial charge >= 0.3 is 0 Å². The Morgan fingerprint density at radius 1 is 1.00 bits per heavy atom. The van der Waals surface area contributed by atoms with Crippen LogP contribution in [0.3, 0.4) is 0 Å². The molecule has 3 rings (SSSR count). The van der Waals surface area contributed by atoms with Crippen LogP contribution in [0.5, 0.6) is 0 Å². The third-order valence-corrected chi connectivity index (χ3v) is 3.65. The van der Waals surface area contributed by atoms with Crippen LogP contribution in [0.2, 0.25) is 0 Å². The third-order valence-electron chi connectivity index (χ3n) is 3.65. The van der Waals surface area contributed by atoms with Crippen molar-refractivity contribution in [3.63, 3.8) is 0 Å². The fourth-order valence-corrected chi connectivity index (χ4v) is 2.52. The number of primary amides is 1. The molecule has 5 heteroatoms. The van der Waals surface area contributed by atoms with Gasteiger partial charge in [0.2, 0.25) is 0 Å². The lowest BCUT2D eigenvalue weighted by Gasteiger charge is -2.20. The van der Waals surface area contributed by atoms with Crippen molar-refractivity contribution in [3.8, 4) is 0 Å². The monoisotopic (exact) mass is 268 g/mol. The lowest BCUT2D eigenvalue weighted by Crippen LogP contribution is -2.27. The first-order valence-corrected chi connectivity index (χ1v) is 6.69. The highest BCUT2D eigenvalue weighted by Gasteiger charge is 2.15. The van der Waals surface area contributed by atoms with Gasteiger partial charge in [0, 0.05) is 13.1 Å². The zero-order valence-corrected chi connectivity index (χ0v) is 11.1. The quantitative estimate of drug-likeness (QED) is 0.887. The molecule has 0 fully saturated rings. The number of carbonyl (C=O) groups is 1. The minimum absolute atomic E-state index is 0.201. The summed E-state index contributed by atoms with van der Waals surface area (Å²) < 4.78 is 0. The molecule has 1 aliphatic rings. The van der Waals surface area contributed by atoms with Gasteiger partial charge in [0.25, 0.3) is 5.91 Å². The minimum atomic E-state index is -0.549. The average Bonchev–Trinajstić information content (AvgIpc) is 2.70. The first kappa shape index (κ1) is 12.6. The Morgan fingerprint density at radius 2 is 1.65 bits per heavy atom. The van der Waals surface area contributed by atoms with Crippen molar-refractivity contribution in [1.82, 2.24) is 10.2 Å². The maximum atomic E-state index is 11.0. The Kier molecular flexibility index (Phi) is 3.33. The van der Waals surface area contributed by atoms with Gasteiger partial charge in [0.1, 0.15) is 0 Å². The molecule has 0 aliphatic carbocycles. The Morgan fingerprint density at radius 3 is 2.15 bits per heavy atom. The van der Waals surface area contributed by atoms with Crippen LogP contribution in [-0.2, 0) is 12.8 Å². The van der Waals surface area contributed by atoms with E-state index in [9.17, 15) is 4.79 Å². The number of hydrogen-bond acceptors (Lipinski definition) is 4. The van der Waals surface area contributed by atoms with E-state index in [1.807, 2.05) is 6.07 Å². The summed E-state index contributed by atoms with van der Waals surface area (Å²) in [6.07, 6.45) is 1.99. The summed E-state index contributed by atoms with van der Waals surface area (Å²) in [5.41, 5.74) is 8.17. The van der Waals surface area contributed by atoms with Gasteiger partial charge < -0.3 is 10.6 Å². The Labute approximate surface area is 117 Å². The van der Waals surface area contributed by atoms with Crippen LogP contribution < -0.4 is 10.6 Å². The maximum Gasteiger partial charge on any atom is 0.269 e. The number of amides is 1. The van der Waals surface area contributed by atoms with Gasteiger partial charge in [-0.1, -0.05) is 24.3 Å². The summed E-state index contributed by atoms with van der Waals surface area (Å²) in [5, 5.41) is 7.97. The van der Waals surface area contributed by atoms with Crippen molar-refractivity contribution in [3.05, 3.63) is 53.2 Å². The molecule has 0 bridgehead atoms. The number of benzene rings is 1. The molecule has 5 nitrogen and oxygen atoms in total. The van der Waals surface area contributed by atoms with Crippen molar-refractivity contribution in [2.24, 2.45) is 5.73 Å². The Hall–Kier alpha value is -2.43. The number of anilines is 1. The average molecular weight is 268 g/mol. The highest BCUT2D eigenvalue weighted by Crippen LogP contribution is 2.19. The predicted octanol–water partition coefficient (Wildman–Crippen LogP) is 1.18. The summed E-state index contributed by atoms with van der Waals surface area (Å²) in [6, 6.07) is 12.0. The molecule has 2 aromatic rings. The zero-order chi connectivity index (χ0) is 13.9. The van der Waals surface area contributed by atoms with Crippen LogP contribution in [0.15, 0.2) is 36.4 Å². The highest BCUT2D eigenvalue weighted by molar-refractivity contribution is 5.90. The van der Waals surface area contributed by atoms with E-state index in [4.69, 9.17) is 5.73 Å². The number of fused-ring (bicyclic) bond motifs is 1. The van der Waals surface area contributed by atoms with Gasteiger partial charge in [-0.25, -0.2) is 0 Å². The molecule has 1 aromatic carbocycles. The molecule has 2 heterocycles. The van der Waals surface area contributed by atoms with Gasteiger partial charge in [0.15, 0.2) is 11.5 Å². The SMILES string of the molecule is NC(=O)c1ccc(N2CCc3ccccc3CC2)nn1. The van der Waals surface area contributed by atoms with Crippen LogP contribution in [-0.4, -0.2) is 29.2 Å². The molecule has 0 spiro atoms. The third kappa shape index (κ3) is 2.47. The first-order valence-electron chi connectivity index (χ1n) is 6.69. The summed E-state index contributed by atoms with van der Waals surface area (Å²) in [5.74, 6) is 0.245. The highest BCUT2D eigenvalue weighted by atomic mass is 16.1. The second kappa shape index (κ2) is 5.28. The zero-order valence-electron chi connectivity index (χ0n) is 11.1. The van der Waals surface area contributed by atoms with E-state index < -0.39 is 5.91 Å². The van der Waals surface area contributed by atoms with Gasteiger partial charge in [-0.05, 0) is 36.1 Å². The number of carbonyl (C=O) groups excluding carboxylic acids is 1. The maximum absolute atomic E-state index is 11.0. The first-order chi connectivity index (χ1) is 9.74. The van der Waals surface area contributed by atoms with E-state index in [0.29, 0.717) is 0 Å². The molecular weight excluding hydrogens is 252 g/mol. The fraction of sp³-hybridized carbons (Fsp3) is 0.267. The molecule has 20 heavy (non-hydrogen) atoms. The molecule has 102 valence electrons. The molecule has 0 saturated heterocycles. The molecule has 0 atom stereocenters. The smallest absolute Gasteiger partial charge is 0.269 e. The fourth-order valence-electron chi connectivity index (χ4n) is 2.52. The number of rotatable bonds is 2. The second-order valence-electron chi connectivity index (χ2n) is 4.90. The number of hydrogen-bond donors (Lipinski definition) is 1. The van der Waals surface area contributed by atoms with Crippen LogP contribution >= 0.6 is 0 Å². The van der Waals surface area contributed by atoms with E-state index in [2.05, 4.69) is 39.4 Å². The molecule has 1 amide bonds. The minimum Gasteiger partial charge on any atom is -0.364 e. The molecule has 0 saturated carbocycles. The van der Waals surface area contributed by atoms with E-state index in [1.54, 1.807) is 6.07 Å². The van der Waals surface area contributed by atoms with Crippen molar-refractivity contribution < 1.29 is 4.79 Å². The standard InChI is InChI=1S/C15H16N4O/c16-15(20)13-5-6-14(18-17-13)19-9-7-11-3-1-2-4-12(11)8-10-19/h1-6H,7-10H2,(H2,16,20). The second-order valence-corrected chi connectivity index (χ2v) is 4.90. The summed E-state index contributed by atoms with van der Waals surface area (Å²) in [4.78, 5) is 13.2. The number of aromatic nitrogens is 2. The van der Waals surface area contributed by atoms with Crippen LogP contribution in [0.25, 0.3) is 0 Å². The molecule has 1 aliphatic heterocycles.